The molecular weight excluding hydrogens is 384 g/mol. The minimum Gasteiger partial charge on any atom is -0.489 e. The Kier molecular flexibility index (Phi) is 5.88. The number of hydrogen-bond acceptors (Lipinski definition) is 5. The Hall–Kier alpha value is -3.48. The van der Waals surface area contributed by atoms with E-state index in [9.17, 15) is 9.59 Å². The molecular formula is C23H24N2O5. The number of carbonyl (C=O) groups excluding carboxylic acids is 2. The number of carbonyl (C=O) groups is 2. The summed E-state index contributed by atoms with van der Waals surface area (Å²) in [7, 11) is 0. The average molecular weight is 408 g/mol. The zero-order valence-corrected chi connectivity index (χ0v) is 16.9. The molecule has 0 atom stereocenters. The summed E-state index contributed by atoms with van der Waals surface area (Å²) in [5.41, 5.74) is 1.38. The van der Waals surface area contributed by atoms with Crippen LogP contribution in [0.1, 0.15) is 23.0 Å². The van der Waals surface area contributed by atoms with Gasteiger partial charge in [0.15, 0.2) is 5.76 Å². The van der Waals surface area contributed by atoms with Crippen LogP contribution in [0.3, 0.4) is 0 Å². The number of furan rings is 1. The Morgan fingerprint density at radius 3 is 2.33 bits per heavy atom. The molecule has 1 aromatic heterocycles. The Morgan fingerprint density at radius 2 is 1.60 bits per heavy atom. The first kappa shape index (κ1) is 19.8. The van der Waals surface area contributed by atoms with Crippen molar-refractivity contribution in [3.8, 4) is 5.75 Å². The highest BCUT2D eigenvalue weighted by Crippen LogP contribution is 2.28. The van der Waals surface area contributed by atoms with Crippen molar-refractivity contribution in [1.29, 1.82) is 0 Å². The molecule has 30 heavy (non-hydrogen) atoms. The highest BCUT2D eigenvalue weighted by molar-refractivity contribution is 5.99. The second-order valence-corrected chi connectivity index (χ2v) is 6.99. The number of ether oxygens (including phenoxy) is 2. The molecule has 156 valence electrons. The highest BCUT2D eigenvalue weighted by Gasteiger charge is 2.30. The molecule has 0 unspecified atom stereocenters. The molecule has 0 radical (unpaired) electrons. The summed E-state index contributed by atoms with van der Waals surface area (Å²) in [5, 5.41) is 0.863. The van der Waals surface area contributed by atoms with E-state index in [2.05, 4.69) is 0 Å². The van der Waals surface area contributed by atoms with Gasteiger partial charge in [-0.3, -0.25) is 4.79 Å². The van der Waals surface area contributed by atoms with Gasteiger partial charge in [-0.1, -0.05) is 36.4 Å². The minimum atomic E-state index is -0.342. The number of amides is 2. The van der Waals surface area contributed by atoms with Crippen molar-refractivity contribution in [1.82, 2.24) is 9.80 Å². The highest BCUT2D eigenvalue weighted by atomic mass is 16.6. The Labute approximate surface area is 174 Å². The van der Waals surface area contributed by atoms with E-state index in [1.54, 1.807) is 16.7 Å². The lowest BCUT2D eigenvalue weighted by Gasteiger charge is -2.33. The van der Waals surface area contributed by atoms with Gasteiger partial charge in [-0.2, -0.15) is 0 Å². The molecule has 7 heteroatoms. The van der Waals surface area contributed by atoms with Gasteiger partial charge < -0.3 is 23.7 Å². The number of benzene rings is 2. The van der Waals surface area contributed by atoms with Crippen molar-refractivity contribution in [2.75, 3.05) is 32.8 Å². The van der Waals surface area contributed by atoms with E-state index in [0.717, 1.165) is 16.7 Å². The molecule has 1 fully saturated rings. The first-order chi connectivity index (χ1) is 14.7. The second kappa shape index (κ2) is 8.90. The first-order valence-corrected chi connectivity index (χ1v) is 10.1. The average Bonchev–Trinajstić information content (AvgIpc) is 3.17. The third-order valence-electron chi connectivity index (χ3n) is 5.11. The van der Waals surface area contributed by atoms with Gasteiger partial charge in [0, 0.05) is 37.1 Å². The molecule has 3 aromatic rings. The summed E-state index contributed by atoms with van der Waals surface area (Å²) in [5.74, 6) is 0.822. The fourth-order valence-electron chi connectivity index (χ4n) is 3.54. The fourth-order valence-corrected chi connectivity index (χ4v) is 3.54. The van der Waals surface area contributed by atoms with E-state index in [4.69, 9.17) is 13.9 Å². The lowest BCUT2D eigenvalue weighted by molar-refractivity contribution is 0.0545. The van der Waals surface area contributed by atoms with Crippen molar-refractivity contribution < 1.29 is 23.5 Å². The summed E-state index contributed by atoms with van der Waals surface area (Å²) in [6.07, 6.45) is -0.342. The molecule has 2 heterocycles. The molecule has 7 nitrogen and oxygen atoms in total. The summed E-state index contributed by atoms with van der Waals surface area (Å²) in [6, 6.07) is 17.0. The van der Waals surface area contributed by atoms with E-state index in [-0.39, 0.29) is 24.4 Å². The van der Waals surface area contributed by atoms with Crippen LogP contribution in [-0.4, -0.2) is 54.6 Å². The van der Waals surface area contributed by atoms with Gasteiger partial charge >= 0.3 is 6.09 Å². The number of hydrogen-bond donors (Lipinski definition) is 0. The third kappa shape index (κ3) is 4.10. The minimum absolute atomic E-state index is 0.193. The van der Waals surface area contributed by atoms with Gasteiger partial charge in [-0.15, -0.1) is 0 Å². The maximum atomic E-state index is 13.2. The Balaban J connectivity index is 1.53. The zero-order chi connectivity index (χ0) is 20.9. The van der Waals surface area contributed by atoms with E-state index in [1.807, 2.05) is 54.6 Å². The van der Waals surface area contributed by atoms with Gasteiger partial charge in [-0.05, 0) is 25.1 Å². The molecule has 0 saturated carbocycles. The van der Waals surface area contributed by atoms with E-state index in [0.29, 0.717) is 38.4 Å². The number of nitrogens with zero attached hydrogens (tertiary/aromatic N) is 2. The van der Waals surface area contributed by atoms with Crippen LogP contribution in [0, 0.1) is 0 Å². The van der Waals surface area contributed by atoms with Crippen molar-refractivity contribution >= 4 is 23.0 Å². The summed E-state index contributed by atoms with van der Waals surface area (Å²) in [4.78, 5) is 28.5. The molecule has 1 aliphatic rings. The summed E-state index contributed by atoms with van der Waals surface area (Å²) in [6.45, 7) is 4.05. The third-order valence-corrected chi connectivity index (χ3v) is 5.11. The van der Waals surface area contributed by atoms with Crippen LogP contribution >= 0.6 is 0 Å². The number of para-hydroxylation sites is 2. The van der Waals surface area contributed by atoms with Crippen molar-refractivity contribution in [2.24, 2.45) is 0 Å². The standard InChI is InChI=1S/C23H24N2O5/c1-2-28-23(27)25-14-12-24(13-15-25)22(26)21-19(16-29-17-8-4-3-5-9-17)18-10-6-7-11-20(18)30-21/h3-11H,2,12-16H2,1H3. The van der Waals surface area contributed by atoms with E-state index >= 15 is 0 Å². The quantitative estimate of drug-likeness (QED) is 0.640. The second-order valence-electron chi connectivity index (χ2n) is 6.99. The molecule has 2 aromatic carbocycles. The summed E-state index contributed by atoms with van der Waals surface area (Å²) < 4.78 is 16.9. The van der Waals surface area contributed by atoms with E-state index in [1.165, 1.54) is 0 Å². The number of fused-ring (bicyclic) bond motifs is 1. The van der Waals surface area contributed by atoms with Crippen LogP contribution in [0.4, 0.5) is 4.79 Å². The van der Waals surface area contributed by atoms with Crippen molar-refractivity contribution in [2.45, 2.75) is 13.5 Å². The lowest BCUT2D eigenvalue weighted by atomic mass is 10.1. The number of piperazine rings is 1. The molecule has 1 saturated heterocycles. The van der Waals surface area contributed by atoms with Crippen LogP contribution in [0.15, 0.2) is 59.0 Å². The van der Waals surface area contributed by atoms with Crippen LogP contribution in [-0.2, 0) is 11.3 Å². The largest absolute Gasteiger partial charge is 0.489 e. The molecule has 2 amide bonds. The van der Waals surface area contributed by atoms with Crippen LogP contribution in [0.25, 0.3) is 11.0 Å². The van der Waals surface area contributed by atoms with Gasteiger partial charge in [0.1, 0.15) is 17.9 Å². The lowest BCUT2D eigenvalue weighted by Crippen LogP contribution is -2.50. The Bertz CT molecular complexity index is 1020. The predicted molar refractivity (Wildman–Crippen MR) is 111 cm³/mol. The smallest absolute Gasteiger partial charge is 0.409 e. The van der Waals surface area contributed by atoms with Crippen LogP contribution in [0.5, 0.6) is 5.75 Å². The van der Waals surface area contributed by atoms with Crippen molar-refractivity contribution in [3.05, 3.63) is 65.9 Å². The maximum Gasteiger partial charge on any atom is 0.409 e. The topological polar surface area (TPSA) is 72.2 Å². The SMILES string of the molecule is CCOC(=O)N1CCN(C(=O)c2oc3ccccc3c2COc2ccccc2)CC1. The molecule has 1 aliphatic heterocycles. The van der Waals surface area contributed by atoms with Gasteiger partial charge in [0.2, 0.25) is 0 Å². The fraction of sp³-hybridized carbons (Fsp3) is 0.304. The first-order valence-electron chi connectivity index (χ1n) is 10.1. The van der Waals surface area contributed by atoms with Crippen molar-refractivity contribution in [3.63, 3.8) is 0 Å². The van der Waals surface area contributed by atoms with Gasteiger partial charge in [0.25, 0.3) is 5.91 Å². The number of rotatable bonds is 5. The Morgan fingerprint density at radius 1 is 0.933 bits per heavy atom. The monoisotopic (exact) mass is 408 g/mol. The molecule has 0 spiro atoms. The molecule has 0 N–H and O–H groups in total. The van der Waals surface area contributed by atoms with Gasteiger partial charge in [0.05, 0.1) is 6.61 Å². The molecule has 0 aliphatic carbocycles. The normalized spacial score (nSPS) is 14.0. The summed E-state index contributed by atoms with van der Waals surface area (Å²) >= 11 is 0. The zero-order valence-electron chi connectivity index (χ0n) is 16.9. The van der Waals surface area contributed by atoms with E-state index < -0.39 is 0 Å². The molecule has 4 rings (SSSR count). The molecule has 0 bridgehead atoms. The maximum absolute atomic E-state index is 13.2. The van der Waals surface area contributed by atoms with Gasteiger partial charge in [-0.25, -0.2) is 4.79 Å². The predicted octanol–water partition coefficient (Wildman–Crippen LogP) is 3.93. The van der Waals surface area contributed by atoms with Crippen LogP contribution in [0.2, 0.25) is 0 Å². The van der Waals surface area contributed by atoms with Crippen LogP contribution < -0.4 is 4.74 Å².